The predicted octanol–water partition coefficient (Wildman–Crippen LogP) is 2.06. The molecule has 2 aromatic carbocycles. The van der Waals surface area contributed by atoms with Crippen molar-refractivity contribution in [1.82, 2.24) is 0 Å². The first-order valence-electron chi connectivity index (χ1n) is 10.4. The van der Waals surface area contributed by atoms with Crippen molar-refractivity contribution in [2.24, 2.45) is 0 Å². The number of carbonyl (C=O) groups is 1. The van der Waals surface area contributed by atoms with Crippen LogP contribution in [0.25, 0.3) is 10.1 Å². The molecule has 1 heterocycles. The number of hydrogen-bond acceptors (Lipinski definition) is 6. The van der Waals surface area contributed by atoms with E-state index in [1.165, 1.54) is 13.8 Å². The van der Waals surface area contributed by atoms with Gasteiger partial charge in [-0.05, 0) is 50.5 Å². The molecule has 1 aromatic heterocycles. The summed E-state index contributed by atoms with van der Waals surface area (Å²) in [5.41, 5.74) is -1.32. The molecule has 36 heavy (non-hydrogen) atoms. The largest absolute Gasteiger partial charge is 1.00 e. The second-order valence-corrected chi connectivity index (χ2v) is 11.2. The molecule has 6 nitrogen and oxygen atoms in total. The summed E-state index contributed by atoms with van der Waals surface area (Å²) in [6.07, 6.45) is -5.76. The number of sulfonamides is 1. The minimum absolute atomic E-state index is 0. The normalized spacial score (nSPS) is 12.1. The van der Waals surface area contributed by atoms with E-state index in [9.17, 15) is 36.6 Å². The van der Waals surface area contributed by atoms with E-state index in [-0.39, 0.29) is 71.8 Å². The first-order chi connectivity index (χ1) is 15.7. The molecule has 192 valence electrons. The Morgan fingerprint density at radius 2 is 1.64 bits per heavy atom. The number of benzene rings is 2. The number of fused-ring (bicyclic) bond motifs is 1. The average molecular weight is 554 g/mol. The molecule has 0 bridgehead atoms. The van der Waals surface area contributed by atoms with Gasteiger partial charge in [0.2, 0.25) is 0 Å². The minimum Gasteiger partial charge on any atom is -0.545 e. The maximum Gasteiger partial charge on any atom is 1.00 e. The molecule has 1 N–H and O–H groups in total. The number of anilines is 1. The van der Waals surface area contributed by atoms with Gasteiger partial charge in [-0.2, -0.15) is 13.2 Å². The third-order valence-electron chi connectivity index (χ3n) is 5.16. The molecule has 0 spiro atoms. The zero-order valence-electron chi connectivity index (χ0n) is 19.4. The molecule has 0 radical (unpaired) electrons. The number of alkyl halides is 3. The molecule has 0 atom stereocenters. The van der Waals surface area contributed by atoms with Crippen LogP contribution >= 0.6 is 11.3 Å². The van der Waals surface area contributed by atoms with Gasteiger partial charge in [-0.25, -0.2) is 8.42 Å². The van der Waals surface area contributed by atoms with Gasteiger partial charge >= 0.3 is 35.7 Å². The van der Waals surface area contributed by atoms with Crippen LogP contribution in [0.3, 0.4) is 0 Å². The Labute approximate surface area is 235 Å². The van der Waals surface area contributed by atoms with Crippen LogP contribution in [0.4, 0.5) is 18.2 Å². The van der Waals surface area contributed by atoms with Crippen LogP contribution in [0.2, 0.25) is 0 Å². The van der Waals surface area contributed by atoms with Gasteiger partial charge in [-0.1, -0.05) is 37.8 Å². The molecule has 0 aliphatic heterocycles. The number of carboxylic acid groups (broad SMARTS) is 1. The summed E-state index contributed by atoms with van der Waals surface area (Å²) < 4.78 is 66.9. The molecule has 0 amide bonds. The molecule has 0 saturated carbocycles. The Morgan fingerprint density at radius 3 is 2.17 bits per heavy atom. The first-order valence-corrected chi connectivity index (χ1v) is 12.6. The van der Waals surface area contributed by atoms with Gasteiger partial charge in [-0.3, -0.25) is 4.31 Å². The van der Waals surface area contributed by atoms with Gasteiger partial charge in [-0.15, -0.1) is 11.3 Å². The molecule has 3 rings (SSSR count). The van der Waals surface area contributed by atoms with Gasteiger partial charge in [0.15, 0.2) is 0 Å². The van der Waals surface area contributed by atoms with E-state index < -0.39 is 34.2 Å². The Bertz CT molecular complexity index is 1280. The zero-order valence-corrected chi connectivity index (χ0v) is 23.1. The van der Waals surface area contributed by atoms with Crippen molar-refractivity contribution >= 4 is 42.4 Å². The fourth-order valence-electron chi connectivity index (χ4n) is 3.60. The van der Waals surface area contributed by atoms with Crippen LogP contribution < -0.4 is 39.0 Å². The Balaban J connectivity index is 0.00000324. The van der Waals surface area contributed by atoms with Gasteiger partial charge in [0, 0.05) is 28.6 Å². The fraction of sp³-hybridized carbons (Fsp3) is 0.375. The van der Waals surface area contributed by atoms with Crippen molar-refractivity contribution in [2.75, 3.05) is 10.8 Å². The average Bonchev–Trinajstić information content (AvgIpc) is 3.12. The monoisotopic (exact) mass is 553 g/mol. The van der Waals surface area contributed by atoms with E-state index in [1.54, 1.807) is 24.3 Å². The molecule has 0 aliphatic rings. The first kappa shape index (κ1) is 32.4. The summed E-state index contributed by atoms with van der Waals surface area (Å²) in [5, 5.41) is 22.8. The van der Waals surface area contributed by atoms with E-state index in [0.717, 1.165) is 39.9 Å². The number of thiophene rings is 1. The second-order valence-electron chi connectivity index (χ2n) is 8.30. The number of carboxylic acids is 1. The smallest absolute Gasteiger partial charge is 0.545 e. The van der Waals surface area contributed by atoms with Crippen LogP contribution in [0.5, 0.6) is 0 Å². The summed E-state index contributed by atoms with van der Waals surface area (Å²) in [4.78, 5) is 10.8. The summed E-state index contributed by atoms with van der Waals surface area (Å²) in [6.45, 7) is 2.76. The summed E-state index contributed by atoms with van der Waals surface area (Å²) in [6, 6.07) is 11.4. The number of hydrogen-bond donors (Lipinski definition) is 1. The van der Waals surface area contributed by atoms with Crippen molar-refractivity contribution in [1.29, 1.82) is 0 Å². The third kappa shape index (κ3) is 7.45. The van der Waals surface area contributed by atoms with Crippen LogP contribution in [0, 0.1) is 0 Å². The Kier molecular flexibility index (Phi) is 11.0. The second kappa shape index (κ2) is 12.3. The topological polar surface area (TPSA) is 97.7 Å². The number of halogens is 3. The van der Waals surface area contributed by atoms with Crippen LogP contribution in [0.1, 0.15) is 56.5 Å². The van der Waals surface area contributed by atoms with Crippen LogP contribution in [-0.4, -0.2) is 32.2 Å². The molecular formula is C24H27F3NNaO5S2. The SMILES string of the molecule is C.CC(C)(O)c1c(N(CCCCC(F)(F)F)S(=O)(=O)c2ccc(C(=O)[O-])cc2)sc2ccccc12.[Na+]. The maximum atomic E-state index is 13.6. The summed E-state index contributed by atoms with van der Waals surface area (Å²) in [7, 11) is -4.30. The van der Waals surface area contributed by atoms with Gasteiger partial charge in [0.25, 0.3) is 10.0 Å². The van der Waals surface area contributed by atoms with Crippen molar-refractivity contribution in [3.63, 3.8) is 0 Å². The zero-order chi connectivity index (χ0) is 25.3. The molecule has 12 heteroatoms. The number of unbranched alkanes of at least 4 members (excludes halogenated alkanes) is 1. The predicted molar refractivity (Wildman–Crippen MR) is 129 cm³/mol. The number of aliphatic hydroxyl groups is 1. The van der Waals surface area contributed by atoms with Crippen LogP contribution in [0.15, 0.2) is 53.4 Å². The standard InChI is InChI=1S/C23H24F3NO5S2.CH4.Na/c1-22(2,30)19-17-7-3-4-8-18(17)33-20(19)27(14-6-5-13-23(24,25)26)34(31,32)16-11-9-15(10-12-16)21(28)29;;/h3-4,7-12,30H,5-6,13-14H2,1-2H3,(H,28,29);1H4;/q;;+1/p-1. The molecular weight excluding hydrogens is 526 g/mol. The molecule has 0 saturated heterocycles. The Morgan fingerprint density at radius 1 is 1.06 bits per heavy atom. The number of rotatable bonds is 9. The van der Waals surface area contributed by atoms with Crippen molar-refractivity contribution < 1.29 is 66.2 Å². The maximum absolute atomic E-state index is 13.6. The fourth-order valence-corrected chi connectivity index (χ4v) is 6.71. The molecule has 0 unspecified atom stereocenters. The van der Waals surface area contributed by atoms with Crippen molar-refractivity contribution in [3.05, 3.63) is 59.7 Å². The van der Waals surface area contributed by atoms with E-state index in [0.29, 0.717) is 15.6 Å². The quantitative estimate of drug-likeness (QED) is 0.323. The van der Waals surface area contributed by atoms with Gasteiger partial charge < -0.3 is 15.0 Å². The van der Waals surface area contributed by atoms with E-state index >= 15 is 0 Å². The van der Waals surface area contributed by atoms with Gasteiger partial charge in [0.1, 0.15) is 5.00 Å². The number of nitrogens with zero attached hydrogens (tertiary/aromatic N) is 1. The summed E-state index contributed by atoms with van der Waals surface area (Å²) in [5.74, 6) is -1.47. The van der Waals surface area contributed by atoms with Crippen molar-refractivity contribution in [3.8, 4) is 0 Å². The third-order valence-corrected chi connectivity index (χ3v) is 8.29. The van der Waals surface area contributed by atoms with Crippen LogP contribution in [-0.2, 0) is 15.6 Å². The van der Waals surface area contributed by atoms with Crippen molar-refractivity contribution in [2.45, 2.75) is 57.2 Å². The van der Waals surface area contributed by atoms with E-state index in [4.69, 9.17) is 0 Å². The number of aromatic carboxylic acids is 1. The molecule has 0 aliphatic carbocycles. The minimum atomic E-state index is -4.36. The van der Waals surface area contributed by atoms with E-state index in [2.05, 4.69) is 0 Å². The Hall–Kier alpha value is -1.63. The van der Waals surface area contributed by atoms with E-state index in [1.807, 2.05) is 0 Å². The number of carbonyl (C=O) groups excluding carboxylic acids is 1. The molecule has 3 aromatic rings. The molecule has 0 fully saturated rings. The summed E-state index contributed by atoms with van der Waals surface area (Å²) >= 11 is 1.11. The van der Waals surface area contributed by atoms with Gasteiger partial charge in [0.05, 0.1) is 16.5 Å².